The Kier molecular flexibility index (Phi) is 4.11. The molecule has 6 heteroatoms. The maximum absolute atomic E-state index is 11.1. The SMILES string of the molecule is CCCC(O)CNc1nc[nH]c(=O)c1N. The second kappa shape index (κ2) is 5.35. The second-order valence-corrected chi connectivity index (χ2v) is 3.32. The molecule has 1 rings (SSSR count). The van der Waals surface area contributed by atoms with Gasteiger partial charge in [0, 0.05) is 6.54 Å². The minimum atomic E-state index is -0.449. The van der Waals surface area contributed by atoms with Crippen LogP contribution in [0.15, 0.2) is 11.1 Å². The van der Waals surface area contributed by atoms with Crippen LogP contribution in [0.2, 0.25) is 0 Å². The van der Waals surface area contributed by atoms with Crippen LogP contribution in [0.25, 0.3) is 0 Å². The molecule has 6 nitrogen and oxygen atoms in total. The molecule has 1 aromatic heterocycles. The van der Waals surface area contributed by atoms with Crippen LogP contribution in [0.5, 0.6) is 0 Å². The van der Waals surface area contributed by atoms with Gasteiger partial charge >= 0.3 is 0 Å². The van der Waals surface area contributed by atoms with E-state index in [1.54, 1.807) is 0 Å². The van der Waals surface area contributed by atoms with E-state index in [4.69, 9.17) is 5.73 Å². The molecule has 5 N–H and O–H groups in total. The Morgan fingerprint density at radius 2 is 2.47 bits per heavy atom. The number of nitrogens with zero attached hydrogens (tertiary/aromatic N) is 1. The number of aliphatic hydroxyl groups excluding tert-OH is 1. The molecule has 0 amide bonds. The predicted octanol–water partition coefficient (Wildman–Crippen LogP) is -0.0750. The van der Waals surface area contributed by atoms with Crippen LogP contribution in [0.3, 0.4) is 0 Å². The Labute approximate surface area is 87.5 Å². The lowest BCUT2D eigenvalue weighted by Gasteiger charge is -2.11. The molecule has 84 valence electrons. The summed E-state index contributed by atoms with van der Waals surface area (Å²) in [6.07, 6.45) is 2.43. The van der Waals surface area contributed by atoms with Crippen LogP contribution in [-0.2, 0) is 0 Å². The van der Waals surface area contributed by atoms with Crippen molar-refractivity contribution in [2.24, 2.45) is 0 Å². The predicted molar refractivity (Wildman–Crippen MR) is 58.7 cm³/mol. The van der Waals surface area contributed by atoms with Gasteiger partial charge in [-0.15, -0.1) is 0 Å². The summed E-state index contributed by atoms with van der Waals surface area (Å²) in [5.41, 5.74) is 5.16. The number of aromatic nitrogens is 2. The average molecular weight is 212 g/mol. The van der Waals surface area contributed by atoms with Crippen LogP contribution in [0.1, 0.15) is 19.8 Å². The number of H-pyrrole nitrogens is 1. The molecule has 0 radical (unpaired) electrons. The van der Waals surface area contributed by atoms with Gasteiger partial charge in [0.2, 0.25) is 0 Å². The zero-order valence-corrected chi connectivity index (χ0v) is 8.66. The summed E-state index contributed by atoms with van der Waals surface area (Å²) < 4.78 is 0. The highest BCUT2D eigenvalue weighted by molar-refractivity contribution is 5.58. The minimum Gasteiger partial charge on any atom is -0.391 e. The van der Waals surface area contributed by atoms with E-state index in [0.29, 0.717) is 18.8 Å². The van der Waals surface area contributed by atoms with E-state index in [1.807, 2.05) is 6.92 Å². The van der Waals surface area contributed by atoms with Crippen molar-refractivity contribution in [2.45, 2.75) is 25.9 Å². The third kappa shape index (κ3) is 3.25. The van der Waals surface area contributed by atoms with Crippen LogP contribution in [-0.4, -0.2) is 27.7 Å². The highest BCUT2D eigenvalue weighted by Gasteiger charge is 2.06. The molecule has 15 heavy (non-hydrogen) atoms. The largest absolute Gasteiger partial charge is 0.391 e. The highest BCUT2D eigenvalue weighted by atomic mass is 16.3. The van der Waals surface area contributed by atoms with Gasteiger partial charge < -0.3 is 21.1 Å². The minimum absolute atomic E-state index is 0.0428. The van der Waals surface area contributed by atoms with Gasteiger partial charge in [0.1, 0.15) is 5.69 Å². The van der Waals surface area contributed by atoms with E-state index < -0.39 is 6.10 Å². The summed E-state index contributed by atoms with van der Waals surface area (Å²) in [6, 6.07) is 0. The van der Waals surface area contributed by atoms with Crippen molar-refractivity contribution < 1.29 is 5.11 Å². The van der Waals surface area contributed by atoms with E-state index in [-0.39, 0.29) is 11.2 Å². The third-order valence-electron chi connectivity index (χ3n) is 2.02. The fourth-order valence-electron chi connectivity index (χ4n) is 1.20. The van der Waals surface area contributed by atoms with Gasteiger partial charge in [-0.25, -0.2) is 4.98 Å². The Morgan fingerprint density at radius 3 is 3.13 bits per heavy atom. The first kappa shape index (κ1) is 11.5. The van der Waals surface area contributed by atoms with Gasteiger partial charge in [-0.1, -0.05) is 13.3 Å². The van der Waals surface area contributed by atoms with Crippen LogP contribution >= 0.6 is 0 Å². The molecule has 1 unspecified atom stereocenters. The topological polar surface area (TPSA) is 104 Å². The van der Waals surface area contributed by atoms with Crippen molar-refractivity contribution in [3.05, 3.63) is 16.7 Å². The molecular formula is C9H16N4O2. The molecule has 0 aromatic carbocycles. The molecular weight excluding hydrogens is 196 g/mol. The Morgan fingerprint density at radius 1 is 1.73 bits per heavy atom. The smallest absolute Gasteiger partial charge is 0.276 e. The molecule has 0 aliphatic carbocycles. The van der Waals surface area contributed by atoms with Gasteiger partial charge in [-0.3, -0.25) is 4.79 Å². The first-order chi connectivity index (χ1) is 7.15. The van der Waals surface area contributed by atoms with Crippen LogP contribution in [0, 0.1) is 0 Å². The maximum Gasteiger partial charge on any atom is 0.276 e. The number of hydrogen-bond acceptors (Lipinski definition) is 5. The number of anilines is 2. The maximum atomic E-state index is 11.1. The normalized spacial score (nSPS) is 12.4. The second-order valence-electron chi connectivity index (χ2n) is 3.32. The lowest BCUT2D eigenvalue weighted by molar-refractivity contribution is 0.176. The van der Waals surface area contributed by atoms with Gasteiger partial charge in [0.05, 0.1) is 12.4 Å². The zero-order chi connectivity index (χ0) is 11.3. The monoisotopic (exact) mass is 212 g/mol. The molecule has 0 fully saturated rings. The van der Waals surface area contributed by atoms with Crippen molar-refractivity contribution >= 4 is 11.5 Å². The number of nitrogens with one attached hydrogen (secondary N) is 2. The molecule has 0 spiro atoms. The summed E-state index contributed by atoms with van der Waals surface area (Å²) in [4.78, 5) is 17.3. The fraction of sp³-hybridized carbons (Fsp3) is 0.556. The van der Waals surface area contributed by atoms with Crippen molar-refractivity contribution in [2.75, 3.05) is 17.6 Å². The first-order valence-corrected chi connectivity index (χ1v) is 4.90. The molecule has 1 atom stereocenters. The van der Waals surface area contributed by atoms with E-state index in [9.17, 15) is 9.90 Å². The lowest BCUT2D eigenvalue weighted by Crippen LogP contribution is -2.22. The summed E-state index contributed by atoms with van der Waals surface area (Å²) >= 11 is 0. The van der Waals surface area contributed by atoms with Crippen molar-refractivity contribution in [3.63, 3.8) is 0 Å². The summed E-state index contributed by atoms with van der Waals surface area (Å²) in [7, 11) is 0. The Bertz CT molecular complexity index is 363. The van der Waals surface area contributed by atoms with E-state index >= 15 is 0 Å². The molecule has 0 saturated carbocycles. The average Bonchev–Trinajstić information content (AvgIpc) is 2.21. The zero-order valence-electron chi connectivity index (χ0n) is 8.66. The molecule has 0 aliphatic rings. The number of aromatic amines is 1. The quantitative estimate of drug-likeness (QED) is 0.546. The molecule has 0 saturated heterocycles. The lowest BCUT2D eigenvalue weighted by atomic mass is 10.2. The standard InChI is InChI=1S/C9H16N4O2/c1-2-3-6(14)4-11-8-7(10)9(15)13-5-12-8/h5-6,14H,2-4,10H2,1H3,(H2,11,12,13,15). The Balaban J connectivity index is 2.58. The molecule has 0 aliphatic heterocycles. The van der Waals surface area contributed by atoms with E-state index in [0.717, 1.165) is 6.42 Å². The molecule has 1 aromatic rings. The summed E-state index contributed by atoms with van der Waals surface area (Å²) in [5.74, 6) is 0.314. The Hall–Kier alpha value is -1.56. The van der Waals surface area contributed by atoms with Crippen LogP contribution < -0.4 is 16.6 Å². The highest BCUT2D eigenvalue weighted by Crippen LogP contribution is 2.07. The number of aliphatic hydroxyl groups is 1. The van der Waals surface area contributed by atoms with Crippen molar-refractivity contribution in [1.29, 1.82) is 0 Å². The van der Waals surface area contributed by atoms with E-state index in [2.05, 4.69) is 15.3 Å². The van der Waals surface area contributed by atoms with Gasteiger partial charge in [0.25, 0.3) is 5.56 Å². The van der Waals surface area contributed by atoms with Crippen molar-refractivity contribution in [3.8, 4) is 0 Å². The summed E-state index contributed by atoms with van der Waals surface area (Å²) in [6.45, 7) is 2.33. The summed E-state index contributed by atoms with van der Waals surface area (Å²) in [5, 5.41) is 12.3. The number of nitrogen functional groups attached to an aromatic ring is 1. The van der Waals surface area contributed by atoms with Gasteiger partial charge in [-0.05, 0) is 6.42 Å². The fourth-order valence-corrected chi connectivity index (χ4v) is 1.20. The number of rotatable bonds is 5. The van der Waals surface area contributed by atoms with Gasteiger partial charge in [-0.2, -0.15) is 0 Å². The first-order valence-electron chi connectivity index (χ1n) is 4.90. The molecule has 1 heterocycles. The third-order valence-corrected chi connectivity index (χ3v) is 2.02. The van der Waals surface area contributed by atoms with Crippen molar-refractivity contribution in [1.82, 2.24) is 9.97 Å². The molecule has 0 bridgehead atoms. The van der Waals surface area contributed by atoms with Gasteiger partial charge in [0.15, 0.2) is 5.82 Å². The van der Waals surface area contributed by atoms with Crippen LogP contribution in [0.4, 0.5) is 11.5 Å². The number of nitrogens with two attached hydrogens (primary N) is 1. The van der Waals surface area contributed by atoms with E-state index in [1.165, 1.54) is 6.33 Å². The number of hydrogen-bond donors (Lipinski definition) is 4.